The summed E-state index contributed by atoms with van der Waals surface area (Å²) in [6, 6.07) is 7.95. The molecule has 0 fully saturated rings. The van der Waals surface area contributed by atoms with Crippen LogP contribution >= 0.6 is 0 Å². The lowest BCUT2D eigenvalue weighted by molar-refractivity contribution is -0.116. The Balaban J connectivity index is 2.19. The van der Waals surface area contributed by atoms with E-state index in [-0.39, 0.29) is 5.91 Å². The predicted molar refractivity (Wildman–Crippen MR) is 60.6 cm³/mol. The molecule has 1 aliphatic heterocycles. The molecule has 0 atom stereocenters. The Morgan fingerprint density at radius 2 is 2.00 bits per heavy atom. The molecule has 1 aromatic carbocycles. The summed E-state index contributed by atoms with van der Waals surface area (Å²) >= 11 is 0. The molecule has 0 saturated heterocycles. The largest absolute Gasteiger partial charge is 0.326 e. The van der Waals surface area contributed by atoms with Crippen molar-refractivity contribution in [2.45, 2.75) is 25.8 Å². The molecule has 0 aliphatic carbocycles. The molecule has 0 aromatic heterocycles. The summed E-state index contributed by atoms with van der Waals surface area (Å²) < 4.78 is 0. The predicted octanol–water partition coefficient (Wildman–Crippen LogP) is 1.90. The van der Waals surface area contributed by atoms with Crippen molar-refractivity contribution < 1.29 is 4.79 Å². The van der Waals surface area contributed by atoms with E-state index in [1.54, 1.807) is 0 Å². The number of rotatable bonds is 0. The van der Waals surface area contributed by atoms with E-state index in [9.17, 15) is 4.79 Å². The van der Waals surface area contributed by atoms with Crippen molar-refractivity contribution in [2.24, 2.45) is 0 Å². The quantitative estimate of drug-likeness (QED) is 0.677. The lowest BCUT2D eigenvalue weighted by Gasteiger charge is -2.14. The lowest BCUT2D eigenvalue weighted by Crippen LogP contribution is -2.20. The summed E-state index contributed by atoms with van der Waals surface area (Å²) in [7, 11) is 0. The van der Waals surface area contributed by atoms with Crippen LogP contribution in [0.25, 0.3) is 0 Å². The number of hydrogen-bond acceptors (Lipinski definition) is 2. The first-order chi connectivity index (χ1) is 7.36. The molecule has 0 spiro atoms. The van der Waals surface area contributed by atoms with Crippen molar-refractivity contribution in [1.82, 2.24) is 5.32 Å². The van der Waals surface area contributed by atoms with Crippen LogP contribution in [0.3, 0.4) is 0 Å². The smallest absolute Gasteiger partial charge is 0.224 e. The van der Waals surface area contributed by atoms with E-state index in [4.69, 9.17) is 0 Å². The molecule has 0 radical (unpaired) electrons. The van der Waals surface area contributed by atoms with Crippen molar-refractivity contribution >= 4 is 11.6 Å². The molecule has 80 valence electrons. The average molecular weight is 204 g/mol. The fourth-order valence-electron chi connectivity index (χ4n) is 1.77. The van der Waals surface area contributed by atoms with Gasteiger partial charge in [0.25, 0.3) is 0 Å². The molecule has 2 rings (SSSR count). The summed E-state index contributed by atoms with van der Waals surface area (Å²) in [5, 5.41) is 6.33. The highest BCUT2D eigenvalue weighted by Gasteiger charge is 2.07. The zero-order chi connectivity index (χ0) is 10.5. The molecule has 3 heteroatoms. The van der Waals surface area contributed by atoms with E-state index >= 15 is 0 Å². The molecule has 0 bridgehead atoms. The molecule has 1 aliphatic rings. The Labute approximate surface area is 89.9 Å². The zero-order valence-electron chi connectivity index (χ0n) is 8.75. The van der Waals surface area contributed by atoms with Crippen LogP contribution in [0.5, 0.6) is 0 Å². The Morgan fingerprint density at radius 1 is 1.13 bits per heavy atom. The van der Waals surface area contributed by atoms with E-state index in [1.807, 2.05) is 24.3 Å². The molecule has 15 heavy (non-hydrogen) atoms. The highest BCUT2D eigenvalue weighted by Crippen LogP contribution is 2.16. The highest BCUT2D eigenvalue weighted by molar-refractivity contribution is 5.91. The van der Waals surface area contributed by atoms with Crippen LogP contribution in [0.4, 0.5) is 5.69 Å². The van der Waals surface area contributed by atoms with Crippen molar-refractivity contribution in [3.63, 3.8) is 0 Å². The molecule has 1 aromatic rings. The van der Waals surface area contributed by atoms with Gasteiger partial charge in [-0.2, -0.15) is 0 Å². The summed E-state index contributed by atoms with van der Waals surface area (Å²) in [6.07, 6.45) is 2.65. The van der Waals surface area contributed by atoms with Gasteiger partial charge in [0, 0.05) is 18.7 Å². The molecule has 1 heterocycles. The minimum absolute atomic E-state index is 0.129. The number of fused-ring (bicyclic) bond motifs is 1. The van der Waals surface area contributed by atoms with Gasteiger partial charge in [-0.1, -0.05) is 18.2 Å². The van der Waals surface area contributed by atoms with Gasteiger partial charge in [-0.15, -0.1) is 0 Å². The zero-order valence-corrected chi connectivity index (χ0v) is 8.75. The van der Waals surface area contributed by atoms with E-state index in [0.717, 1.165) is 37.2 Å². The maximum Gasteiger partial charge on any atom is 0.224 e. The standard InChI is InChI=1S/C12H16N2O/c15-12-7-3-4-8-13-9-10-5-1-2-6-11(10)14-12/h1-2,5-6,13H,3-4,7-9H2,(H,14,15). The van der Waals surface area contributed by atoms with Gasteiger partial charge in [-0.25, -0.2) is 0 Å². The summed E-state index contributed by atoms with van der Waals surface area (Å²) in [5.74, 6) is 0.129. The van der Waals surface area contributed by atoms with Gasteiger partial charge in [0.15, 0.2) is 0 Å². The molecule has 0 unspecified atom stereocenters. The van der Waals surface area contributed by atoms with Gasteiger partial charge in [-0.3, -0.25) is 4.79 Å². The molecule has 1 amide bonds. The third kappa shape index (κ3) is 2.80. The van der Waals surface area contributed by atoms with Crippen LogP contribution in [-0.2, 0) is 11.3 Å². The Kier molecular flexibility index (Phi) is 3.35. The fourth-order valence-corrected chi connectivity index (χ4v) is 1.77. The Bertz CT molecular complexity index is 349. The minimum atomic E-state index is 0.129. The van der Waals surface area contributed by atoms with Crippen LogP contribution < -0.4 is 10.6 Å². The van der Waals surface area contributed by atoms with Gasteiger partial charge < -0.3 is 10.6 Å². The number of anilines is 1. The number of carbonyl (C=O) groups excluding carboxylic acids is 1. The van der Waals surface area contributed by atoms with Gasteiger partial charge in [0.2, 0.25) is 5.91 Å². The fraction of sp³-hybridized carbons (Fsp3) is 0.417. The number of nitrogens with one attached hydrogen (secondary N) is 2. The van der Waals surface area contributed by atoms with Crippen molar-refractivity contribution in [2.75, 3.05) is 11.9 Å². The summed E-state index contributed by atoms with van der Waals surface area (Å²) in [6.45, 7) is 1.82. The Morgan fingerprint density at radius 3 is 2.93 bits per heavy atom. The first-order valence-electron chi connectivity index (χ1n) is 5.45. The van der Waals surface area contributed by atoms with E-state index in [1.165, 1.54) is 0 Å². The minimum Gasteiger partial charge on any atom is -0.326 e. The van der Waals surface area contributed by atoms with E-state index in [0.29, 0.717) is 6.42 Å². The second-order valence-corrected chi connectivity index (χ2v) is 3.84. The maximum absolute atomic E-state index is 11.5. The number of hydrogen-bond donors (Lipinski definition) is 2. The summed E-state index contributed by atoms with van der Waals surface area (Å²) in [4.78, 5) is 11.5. The molecular formula is C12H16N2O. The van der Waals surface area contributed by atoms with Crippen molar-refractivity contribution in [1.29, 1.82) is 0 Å². The van der Waals surface area contributed by atoms with Gasteiger partial charge in [0.05, 0.1) is 0 Å². The second kappa shape index (κ2) is 4.94. The van der Waals surface area contributed by atoms with Crippen LogP contribution in [0, 0.1) is 0 Å². The van der Waals surface area contributed by atoms with Crippen molar-refractivity contribution in [3.05, 3.63) is 29.8 Å². The van der Waals surface area contributed by atoms with Crippen LogP contribution in [-0.4, -0.2) is 12.5 Å². The number of benzene rings is 1. The normalized spacial score (nSPS) is 17.7. The number of carbonyl (C=O) groups is 1. The molecule has 2 N–H and O–H groups in total. The van der Waals surface area contributed by atoms with Gasteiger partial charge in [-0.05, 0) is 31.0 Å². The van der Waals surface area contributed by atoms with Crippen molar-refractivity contribution in [3.8, 4) is 0 Å². The molecule has 0 saturated carbocycles. The summed E-state index contributed by atoms with van der Waals surface area (Å²) in [5.41, 5.74) is 2.10. The number of amides is 1. The topological polar surface area (TPSA) is 41.1 Å². The van der Waals surface area contributed by atoms with Gasteiger partial charge >= 0.3 is 0 Å². The average Bonchev–Trinajstić information content (AvgIpc) is 2.25. The van der Waals surface area contributed by atoms with E-state index < -0.39 is 0 Å². The highest BCUT2D eigenvalue weighted by atomic mass is 16.1. The Hall–Kier alpha value is -1.35. The third-order valence-electron chi connectivity index (χ3n) is 2.61. The van der Waals surface area contributed by atoms with E-state index in [2.05, 4.69) is 10.6 Å². The second-order valence-electron chi connectivity index (χ2n) is 3.84. The first kappa shape index (κ1) is 10.2. The van der Waals surface area contributed by atoms with Crippen LogP contribution in [0.15, 0.2) is 24.3 Å². The van der Waals surface area contributed by atoms with Crippen LogP contribution in [0.2, 0.25) is 0 Å². The van der Waals surface area contributed by atoms with Gasteiger partial charge in [0.1, 0.15) is 0 Å². The van der Waals surface area contributed by atoms with Crippen LogP contribution in [0.1, 0.15) is 24.8 Å². The first-order valence-corrected chi connectivity index (χ1v) is 5.45. The number of para-hydroxylation sites is 1. The SMILES string of the molecule is O=C1CCCCNCc2ccccc2N1. The molecule has 3 nitrogen and oxygen atoms in total. The third-order valence-corrected chi connectivity index (χ3v) is 2.61. The lowest BCUT2D eigenvalue weighted by atomic mass is 10.1. The molecular weight excluding hydrogens is 188 g/mol. The monoisotopic (exact) mass is 204 g/mol. The maximum atomic E-state index is 11.5.